The Kier molecular flexibility index (Phi) is 7.75. The molecule has 0 saturated heterocycles. The summed E-state index contributed by atoms with van der Waals surface area (Å²) in [5.74, 6) is -2.00. The van der Waals surface area contributed by atoms with Gasteiger partial charge >= 0.3 is 11.9 Å². The first-order valence-corrected chi connectivity index (χ1v) is 7.93. The smallest absolute Gasteiger partial charge is 0.320 e. The fourth-order valence-electron chi connectivity index (χ4n) is 1.85. The Labute approximate surface area is 137 Å². The maximum Gasteiger partial charge on any atom is 0.320 e. The molecule has 0 aliphatic heterocycles. The van der Waals surface area contributed by atoms with E-state index >= 15 is 0 Å². The molecule has 0 aromatic heterocycles. The van der Waals surface area contributed by atoms with E-state index in [1.54, 1.807) is 26.0 Å². The predicted octanol–water partition coefficient (Wildman–Crippen LogP) is 3.78. The molecule has 0 aliphatic rings. The molecule has 0 heterocycles. The number of rotatable bonds is 7. The lowest BCUT2D eigenvalue weighted by atomic mass is 9.99. The number of benzene rings is 1. The van der Waals surface area contributed by atoms with Gasteiger partial charge in [0.1, 0.15) is 0 Å². The third-order valence-corrected chi connectivity index (χ3v) is 3.86. The van der Waals surface area contributed by atoms with Gasteiger partial charge in [0.05, 0.1) is 13.2 Å². The molecule has 4 nitrogen and oxygen atoms in total. The lowest BCUT2D eigenvalue weighted by Gasteiger charge is -2.14. The van der Waals surface area contributed by atoms with Crippen molar-refractivity contribution < 1.29 is 19.1 Å². The topological polar surface area (TPSA) is 52.6 Å². The van der Waals surface area contributed by atoms with Crippen LogP contribution in [0.4, 0.5) is 0 Å². The van der Waals surface area contributed by atoms with E-state index in [1.807, 2.05) is 6.07 Å². The van der Waals surface area contributed by atoms with Crippen molar-refractivity contribution in [2.75, 3.05) is 13.2 Å². The van der Waals surface area contributed by atoms with E-state index in [1.165, 1.54) is 0 Å². The first-order valence-electron chi connectivity index (χ1n) is 6.76. The second-order valence-electron chi connectivity index (χ2n) is 4.33. The minimum atomic E-state index is -0.907. The number of ether oxygens (including phenoxy) is 2. The highest BCUT2D eigenvalue weighted by molar-refractivity contribution is 9.10. The summed E-state index contributed by atoms with van der Waals surface area (Å²) in [5, 5.41) is 0.608. The SMILES string of the molecule is CCOC(=O)C(CCc1cc(Cl)ccc1Br)C(=O)OCC. The van der Waals surface area contributed by atoms with Crippen molar-refractivity contribution in [3.63, 3.8) is 0 Å². The maximum absolute atomic E-state index is 11.9. The van der Waals surface area contributed by atoms with Crippen LogP contribution >= 0.6 is 27.5 Å². The summed E-state index contributed by atoms with van der Waals surface area (Å²) in [6.07, 6.45) is 0.833. The van der Waals surface area contributed by atoms with Gasteiger partial charge < -0.3 is 9.47 Å². The summed E-state index contributed by atoms with van der Waals surface area (Å²) in [7, 11) is 0. The Bertz CT molecular complexity index is 486. The fraction of sp³-hybridized carbons (Fsp3) is 0.467. The van der Waals surface area contributed by atoms with Gasteiger partial charge in [0.15, 0.2) is 5.92 Å². The molecule has 0 aliphatic carbocycles. The van der Waals surface area contributed by atoms with Crippen LogP contribution in [0, 0.1) is 5.92 Å². The average Bonchev–Trinajstić information content (AvgIpc) is 2.43. The number of esters is 2. The molecule has 0 N–H and O–H groups in total. The van der Waals surface area contributed by atoms with Gasteiger partial charge in [0.25, 0.3) is 0 Å². The number of halogens is 2. The molecule has 0 unspecified atom stereocenters. The van der Waals surface area contributed by atoms with Crippen LogP contribution in [0.15, 0.2) is 22.7 Å². The number of hydrogen-bond acceptors (Lipinski definition) is 4. The largest absolute Gasteiger partial charge is 0.465 e. The molecule has 0 amide bonds. The zero-order valence-electron chi connectivity index (χ0n) is 12.0. The number of carbonyl (C=O) groups excluding carboxylic acids is 2. The minimum absolute atomic E-state index is 0.232. The molecule has 1 aromatic rings. The molecule has 21 heavy (non-hydrogen) atoms. The van der Waals surface area contributed by atoms with Crippen molar-refractivity contribution in [3.05, 3.63) is 33.3 Å². The second kappa shape index (κ2) is 9.05. The average molecular weight is 378 g/mol. The minimum Gasteiger partial charge on any atom is -0.465 e. The van der Waals surface area contributed by atoms with Crippen LogP contribution in [-0.2, 0) is 25.5 Å². The van der Waals surface area contributed by atoms with Crippen LogP contribution in [0.3, 0.4) is 0 Å². The molecule has 6 heteroatoms. The number of hydrogen-bond donors (Lipinski definition) is 0. The van der Waals surface area contributed by atoms with Gasteiger partial charge in [0, 0.05) is 9.50 Å². The van der Waals surface area contributed by atoms with Crippen LogP contribution in [0.25, 0.3) is 0 Å². The van der Waals surface area contributed by atoms with Crippen LogP contribution in [-0.4, -0.2) is 25.2 Å². The van der Waals surface area contributed by atoms with Gasteiger partial charge in [0.2, 0.25) is 0 Å². The zero-order chi connectivity index (χ0) is 15.8. The highest BCUT2D eigenvalue weighted by Gasteiger charge is 2.29. The first kappa shape index (κ1) is 18.0. The standard InChI is InChI=1S/C15H18BrClO4/c1-3-20-14(18)12(15(19)21-4-2)7-5-10-9-11(17)6-8-13(10)16/h6,8-9,12H,3-5,7H2,1-2H3. The van der Waals surface area contributed by atoms with Gasteiger partial charge in [-0.3, -0.25) is 9.59 Å². The molecule has 0 spiro atoms. The summed E-state index contributed by atoms with van der Waals surface area (Å²) >= 11 is 9.38. The van der Waals surface area contributed by atoms with Crippen molar-refractivity contribution in [2.45, 2.75) is 26.7 Å². The maximum atomic E-state index is 11.9. The molecular formula is C15H18BrClO4. The molecule has 116 valence electrons. The van der Waals surface area contributed by atoms with Gasteiger partial charge in [-0.2, -0.15) is 0 Å². The van der Waals surface area contributed by atoms with E-state index in [2.05, 4.69) is 15.9 Å². The Hall–Kier alpha value is -1.07. The lowest BCUT2D eigenvalue weighted by molar-refractivity contribution is -0.161. The van der Waals surface area contributed by atoms with E-state index in [9.17, 15) is 9.59 Å². The van der Waals surface area contributed by atoms with Crippen molar-refractivity contribution in [1.29, 1.82) is 0 Å². The molecule has 0 atom stereocenters. The Balaban J connectivity index is 2.78. The van der Waals surface area contributed by atoms with Crippen LogP contribution < -0.4 is 0 Å². The van der Waals surface area contributed by atoms with E-state index in [-0.39, 0.29) is 13.2 Å². The monoisotopic (exact) mass is 376 g/mol. The normalized spacial score (nSPS) is 10.5. The van der Waals surface area contributed by atoms with Crippen molar-refractivity contribution >= 4 is 39.5 Å². The Morgan fingerprint density at radius 1 is 1.19 bits per heavy atom. The summed E-state index contributed by atoms with van der Waals surface area (Å²) in [6, 6.07) is 5.41. The van der Waals surface area contributed by atoms with E-state index < -0.39 is 17.9 Å². The summed E-state index contributed by atoms with van der Waals surface area (Å²) < 4.78 is 10.8. The lowest BCUT2D eigenvalue weighted by Crippen LogP contribution is -2.28. The molecule has 0 radical (unpaired) electrons. The molecule has 0 saturated carbocycles. The van der Waals surface area contributed by atoms with E-state index in [4.69, 9.17) is 21.1 Å². The van der Waals surface area contributed by atoms with Crippen LogP contribution in [0.5, 0.6) is 0 Å². The van der Waals surface area contributed by atoms with Gasteiger partial charge in [-0.1, -0.05) is 27.5 Å². The highest BCUT2D eigenvalue weighted by atomic mass is 79.9. The molecule has 1 rings (SSSR count). The number of aryl methyl sites for hydroxylation is 1. The number of carbonyl (C=O) groups is 2. The highest BCUT2D eigenvalue weighted by Crippen LogP contribution is 2.24. The molecule has 0 bridgehead atoms. The molecular weight excluding hydrogens is 360 g/mol. The Morgan fingerprint density at radius 3 is 2.29 bits per heavy atom. The van der Waals surface area contributed by atoms with Crippen molar-refractivity contribution in [2.24, 2.45) is 5.92 Å². The van der Waals surface area contributed by atoms with E-state index in [0.717, 1.165) is 10.0 Å². The van der Waals surface area contributed by atoms with Gasteiger partial charge in [-0.25, -0.2) is 0 Å². The fourth-order valence-corrected chi connectivity index (χ4v) is 2.49. The third-order valence-electron chi connectivity index (χ3n) is 2.85. The summed E-state index contributed by atoms with van der Waals surface area (Å²) in [4.78, 5) is 23.7. The van der Waals surface area contributed by atoms with E-state index in [0.29, 0.717) is 17.9 Å². The zero-order valence-corrected chi connectivity index (χ0v) is 14.4. The van der Waals surface area contributed by atoms with Gasteiger partial charge in [-0.05, 0) is 50.5 Å². The second-order valence-corrected chi connectivity index (χ2v) is 5.62. The summed E-state index contributed by atoms with van der Waals surface area (Å²) in [5.41, 5.74) is 0.932. The van der Waals surface area contributed by atoms with Crippen molar-refractivity contribution in [3.8, 4) is 0 Å². The van der Waals surface area contributed by atoms with Crippen LogP contribution in [0.2, 0.25) is 5.02 Å². The Morgan fingerprint density at radius 2 is 1.76 bits per heavy atom. The predicted molar refractivity (Wildman–Crippen MR) is 84.2 cm³/mol. The van der Waals surface area contributed by atoms with Gasteiger partial charge in [-0.15, -0.1) is 0 Å². The third kappa shape index (κ3) is 5.67. The first-order chi connectivity index (χ1) is 9.99. The molecule has 0 fully saturated rings. The van der Waals surface area contributed by atoms with Crippen LogP contribution in [0.1, 0.15) is 25.8 Å². The summed E-state index contributed by atoms with van der Waals surface area (Å²) in [6.45, 7) is 3.87. The quantitative estimate of drug-likeness (QED) is 0.536. The molecule has 1 aromatic carbocycles. The van der Waals surface area contributed by atoms with Crippen molar-refractivity contribution in [1.82, 2.24) is 0 Å².